The van der Waals surface area contributed by atoms with Gasteiger partial charge in [0.25, 0.3) is 5.91 Å². The molecule has 1 amide bonds. The maximum Gasteiger partial charge on any atom is 0.253 e. The van der Waals surface area contributed by atoms with Gasteiger partial charge in [-0.3, -0.25) is 4.79 Å². The van der Waals surface area contributed by atoms with Crippen LogP contribution in [-0.4, -0.2) is 39.4 Å². The third-order valence-corrected chi connectivity index (χ3v) is 3.12. The molecule has 0 saturated heterocycles. The summed E-state index contributed by atoms with van der Waals surface area (Å²) in [4.78, 5) is 13.9. The molecule has 0 aliphatic carbocycles. The van der Waals surface area contributed by atoms with Crippen molar-refractivity contribution in [2.75, 3.05) is 32.3 Å². The maximum absolute atomic E-state index is 12.3. The van der Waals surface area contributed by atoms with Gasteiger partial charge in [0.1, 0.15) is 6.61 Å². The number of halogens is 1. The van der Waals surface area contributed by atoms with Gasteiger partial charge in [0.2, 0.25) is 0 Å². The Kier molecular flexibility index (Phi) is 6.28. The van der Waals surface area contributed by atoms with E-state index < -0.39 is 0 Å². The largest absolute Gasteiger partial charge is 0.383 e. The van der Waals surface area contributed by atoms with Crippen LogP contribution in [0.25, 0.3) is 0 Å². The number of rotatable bonds is 6. The molecule has 0 aromatic heterocycles. The second kappa shape index (κ2) is 7.48. The molecule has 0 bridgehead atoms. The molecule has 1 aromatic rings. The lowest BCUT2D eigenvalue weighted by Crippen LogP contribution is -2.43. The average Bonchev–Trinajstić information content (AvgIpc) is 2.34. The number of aryl methyl sites for hydroxylation is 1. The number of ether oxygens (including phenoxy) is 2. The molecular weight excluding hydrogens is 266 g/mol. The predicted octanol–water partition coefficient (Wildman–Crippen LogP) is 2.66. The van der Waals surface area contributed by atoms with Gasteiger partial charge in [-0.1, -0.05) is 23.7 Å². The number of methoxy groups -OCH3 is 2. The summed E-state index contributed by atoms with van der Waals surface area (Å²) in [5.74, 6) is -0.136. The van der Waals surface area contributed by atoms with Crippen LogP contribution < -0.4 is 4.90 Å². The summed E-state index contributed by atoms with van der Waals surface area (Å²) < 4.78 is 10.1. The smallest absolute Gasteiger partial charge is 0.253 e. The summed E-state index contributed by atoms with van der Waals surface area (Å²) in [5.41, 5.74) is 1.66. The Morgan fingerprint density at radius 3 is 2.58 bits per heavy atom. The van der Waals surface area contributed by atoms with Crippen molar-refractivity contribution in [2.24, 2.45) is 0 Å². The number of carbonyl (C=O) groups excluding carboxylic acids is 1. The van der Waals surface area contributed by atoms with Gasteiger partial charge in [0.15, 0.2) is 0 Å². The van der Waals surface area contributed by atoms with Crippen LogP contribution >= 0.6 is 11.6 Å². The van der Waals surface area contributed by atoms with E-state index in [2.05, 4.69) is 0 Å². The number of hydrogen-bond acceptors (Lipinski definition) is 3. The van der Waals surface area contributed by atoms with Crippen LogP contribution in [0, 0.1) is 6.92 Å². The number of hydrogen-bond donors (Lipinski definition) is 0. The monoisotopic (exact) mass is 285 g/mol. The van der Waals surface area contributed by atoms with Gasteiger partial charge in [-0.2, -0.15) is 0 Å². The molecule has 0 saturated carbocycles. The fourth-order valence-electron chi connectivity index (χ4n) is 2.03. The van der Waals surface area contributed by atoms with E-state index in [0.29, 0.717) is 11.6 Å². The molecule has 1 atom stereocenters. The standard InChI is InChI=1S/C14H20ClNO3/c1-10-6-5-7-12(15)14(10)16(11(2)8-18-3)13(17)9-19-4/h5-7,11H,8-9H2,1-4H3. The molecule has 0 N–H and O–H groups in total. The number of benzene rings is 1. The highest BCUT2D eigenvalue weighted by molar-refractivity contribution is 6.34. The Labute approximate surface area is 119 Å². The first-order valence-electron chi connectivity index (χ1n) is 6.08. The molecule has 1 unspecified atom stereocenters. The van der Waals surface area contributed by atoms with Gasteiger partial charge in [-0.25, -0.2) is 0 Å². The van der Waals surface area contributed by atoms with E-state index in [0.717, 1.165) is 11.3 Å². The summed E-state index contributed by atoms with van der Waals surface area (Å²) in [6.07, 6.45) is 0. The highest BCUT2D eigenvalue weighted by atomic mass is 35.5. The molecule has 4 nitrogen and oxygen atoms in total. The van der Waals surface area contributed by atoms with Crippen molar-refractivity contribution < 1.29 is 14.3 Å². The second-order valence-electron chi connectivity index (χ2n) is 4.41. The van der Waals surface area contributed by atoms with Gasteiger partial charge in [-0.05, 0) is 25.5 Å². The zero-order chi connectivity index (χ0) is 14.4. The number of carbonyl (C=O) groups is 1. The predicted molar refractivity (Wildman–Crippen MR) is 76.9 cm³/mol. The van der Waals surface area contributed by atoms with Gasteiger partial charge < -0.3 is 14.4 Å². The summed E-state index contributed by atoms with van der Waals surface area (Å²) in [7, 11) is 3.10. The third-order valence-electron chi connectivity index (χ3n) is 2.81. The minimum Gasteiger partial charge on any atom is -0.383 e. The van der Waals surface area contributed by atoms with Gasteiger partial charge in [0.05, 0.1) is 23.4 Å². The molecule has 1 aromatic carbocycles. The molecule has 5 heteroatoms. The topological polar surface area (TPSA) is 38.8 Å². The van der Waals surface area contributed by atoms with Gasteiger partial charge in [-0.15, -0.1) is 0 Å². The Morgan fingerprint density at radius 1 is 1.37 bits per heavy atom. The minimum absolute atomic E-state index is 0.0126. The highest BCUT2D eigenvalue weighted by Gasteiger charge is 2.25. The molecular formula is C14H20ClNO3. The van der Waals surface area contributed by atoms with E-state index in [-0.39, 0.29) is 18.6 Å². The Morgan fingerprint density at radius 2 is 2.05 bits per heavy atom. The second-order valence-corrected chi connectivity index (χ2v) is 4.81. The summed E-state index contributed by atoms with van der Waals surface area (Å²) in [6.45, 7) is 4.28. The van der Waals surface area contributed by atoms with Crippen molar-refractivity contribution in [1.29, 1.82) is 0 Å². The van der Waals surface area contributed by atoms with Crippen molar-refractivity contribution in [3.05, 3.63) is 28.8 Å². The fourth-order valence-corrected chi connectivity index (χ4v) is 2.34. The van der Waals surface area contributed by atoms with E-state index in [1.54, 1.807) is 18.1 Å². The first-order valence-corrected chi connectivity index (χ1v) is 6.45. The molecule has 0 radical (unpaired) electrons. The lowest BCUT2D eigenvalue weighted by Gasteiger charge is -2.30. The summed E-state index contributed by atoms with van der Waals surface area (Å²) >= 11 is 6.24. The summed E-state index contributed by atoms with van der Waals surface area (Å²) in [6, 6.07) is 5.44. The zero-order valence-electron chi connectivity index (χ0n) is 11.8. The lowest BCUT2D eigenvalue weighted by atomic mass is 10.1. The van der Waals surface area contributed by atoms with Crippen LogP contribution in [0.3, 0.4) is 0 Å². The normalized spacial score (nSPS) is 12.3. The van der Waals surface area contributed by atoms with Gasteiger partial charge in [0, 0.05) is 14.2 Å². The Hall–Kier alpha value is -1.10. The SMILES string of the molecule is COCC(=O)N(c1c(C)cccc1Cl)C(C)COC. The number of para-hydroxylation sites is 1. The summed E-state index contributed by atoms with van der Waals surface area (Å²) in [5, 5.41) is 0.549. The quantitative estimate of drug-likeness (QED) is 0.807. The molecule has 0 spiro atoms. The number of nitrogens with zero attached hydrogens (tertiary/aromatic N) is 1. The molecule has 0 fully saturated rings. The molecule has 0 aliphatic heterocycles. The molecule has 0 aliphatic rings. The zero-order valence-corrected chi connectivity index (χ0v) is 12.5. The third kappa shape index (κ3) is 3.93. The van der Waals surface area contributed by atoms with Crippen LogP contribution in [0.1, 0.15) is 12.5 Å². The maximum atomic E-state index is 12.3. The van der Waals surface area contributed by atoms with Crippen molar-refractivity contribution in [3.8, 4) is 0 Å². The van der Waals surface area contributed by atoms with Crippen LogP contribution in [0.4, 0.5) is 5.69 Å². The molecule has 106 valence electrons. The molecule has 0 heterocycles. The van der Waals surface area contributed by atoms with E-state index >= 15 is 0 Å². The molecule has 1 rings (SSSR count). The number of amides is 1. The highest BCUT2D eigenvalue weighted by Crippen LogP contribution is 2.31. The van der Waals surface area contributed by atoms with Crippen molar-refractivity contribution in [3.63, 3.8) is 0 Å². The van der Waals surface area contributed by atoms with Crippen molar-refractivity contribution >= 4 is 23.2 Å². The van der Waals surface area contributed by atoms with Crippen LogP contribution in [0.5, 0.6) is 0 Å². The first-order chi connectivity index (χ1) is 9.02. The van der Waals surface area contributed by atoms with E-state index in [4.69, 9.17) is 21.1 Å². The lowest BCUT2D eigenvalue weighted by molar-refractivity contribution is -0.122. The Balaban J connectivity index is 3.18. The Bertz CT molecular complexity index is 416. The van der Waals surface area contributed by atoms with E-state index in [1.165, 1.54) is 7.11 Å². The fraction of sp³-hybridized carbons (Fsp3) is 0.500. The number of anilines is 1. The van der Waals surface area contributed by atoms with E-state index in [1.807, 2.05) is 26.0 Å². The van der Waals surface area contributed by atoms with E-state index in [9.17, 15) is 4.79 Å². The first kappa shape index (κ1) is 16.0. The average molecular weight is 286 g/mol. The van der Waals surface area contributed by atoms with Crippen molar-refractivity contribution in [2.45, 2.75) is 19.9 Å². The van der Waals surface area contributed by atoms with Gasteiger partial charge >= 0.3 is 0 Å². The van der Waals surface area contributed by atoms with Crippen LogP contribution in [0.15, 0.2) is 18.2 Å². The minimum atomic E-state index is -0.136. The molecule has 19 heavy (non-hydrogen) atoms. The van der Waals surface area contributed by atoms with Crippen molar-refractivity contribution in [1.82, 2.24) is 0 Å². The van der Waals surface area contributed by atoms with Crippen LogP contribution in [0.2, 0.25) is 5.02 Å². The van der Waals surface area contributed by atoms with Crippen LogP contribution in [-0.2, 0) is 14.3 Å².